The monoisotopic (exact) mass is 305 g/mol. The van der Waals surface area contributed by atoms with Gasteiger partial charge in [-0.2, -0.15) is 0 Å². The molecule has 0 saturated carbocycles. The Labute approximate surface area is 129 Å². The van der Waals surface area contributed by atoms with Crippen molar-refractivity contribution in [3.8, 4) is 5.75 Å². The van der Waals surface area contributed by atoms with Crippen LogP contribution in [0.2, 0.25) is 0 Å². The van der Waals surface area contributed by atoms with Crippen LogP contribution < -0.4 is 5.32 Å². The number of hydrogen-bond donors (Lipinski definition) is 2. The maximum absolute atomic E-state index is 12.9. The van der Waals surface area contributed by atoms with E-state index in [1.54, 1.807) is 36.0 Å². The van der Waals surface area contributed by atoms with Crippen LogP contribution in [0.15, 0.2) is 53.4 Å². The van der Waals surface area contributed by atoms with Gasteiger partial charge in [-0.1, -0.05) is 19.1 Å². The van der Waals surface area contributed by atoms with Gasteiger partial charge in [-0.15, -0.1) is 11.8 Å². The first-order chi connectivity index (χ1) is 10.2. The average Bonchev–Trinajstić information content (AvgIpc) is 2.47. The van der Waals surface area contributed by atoms with E-state index >= 15 is 0 Å². The van der Waals surface area contributed by atoms with Crippen LogP contribution in [0.4, 0.5) is 4.39 Å². The predicted molar refractivity (Wildman–Crippen MR) is 86.4 cm³/mol. The molecule has 0 aliphatic rings. The third-order valence-corrected chi connectivity index (χ3v) is 4.32. The summed E-state index contributed by atoms with van der Waals surface area (Å²) in [5.74, 6) is 0.992. The second-order valence-corrected chi connectivity index (χ2v) is 5.99. The number of nitrogens with one attached hydrogen (secondary N) is 1. The summed E-state index contributed by atoms with van der Waals surface area (Å²) in [5.41, 5.74) is 1.11. The molecule has 2 N–H and O–H groups in total. The molecule has 2 rings (SSSR count). The third kappa shape index (κ3) is 5.40. The van der Waals surface area contributed by atoms with Crippen LogP contribution in [-0.2, 0) is 6.42 Å². The lowest BCUT2D eigenvalue weighted by Crippen LogP contribution is -2.33. The van der Waals surface area contributed by atoms with E-state index in [-0.39, 0.29) is 5.82 Å². The molecule has 0 bridgehead atoms. The van der Waals surface area contributed by atoms with E-state index in [4.69, 9.17) is 0 Å². The Bertz CT molecular complexity index is 559. The van der Waals surface area contributed by atoms with Crippen LogP contribution in [0, 0.1) is 5.82 Å². The second-order valence-electron chi connectivity index (χ2n) is 4.89. The third-order valence-electron chi connectivity index (χ3n) is 3.15. The van der Waals surface area contributed by atoms with Crippen LogP contribution >= 0.6 is 11.8 Å². The summed E-state index contributed by atoms with van der Waals surface area (Å²) >= 11 is 1.71. The van der Waals surface area contributed by atoms with E-state index in [9.17, 15) is 9.50 Å². The lowest BCUT2D eigenvalue weighted by Gasteiger charge is -2.17. The zero-order chi connectivity index (χ0) is 15.1. The molecule has 2 aromatic carbocycles. The van der Waals surface area contributed by atoms with Gasteiger partial charge in [0.1, 0.15) is 11.6 Å². The highest BCUT2D eigenvalue weighted by molar-refractivity contribution is 7.99. The van der Waals surface area contributed by atoms with E-state index in [2.05, 4.69) is 12.2 Å². The van der Waals surface area contributed by atoms with Crippen molar-refractivity contribution in [3.05, 3.63) is 59.9 Å². The smallest absolute Gasteiger partial charge is 0.123 e. The number of phenols is 1. The largest absolute Gasteiger partial charge is 0.508 e. The Balaban J connectivity index is 1.93. The summed E-state index contributed by atoms with van der Waals surface area (Å²) in [4.78, 5) is 1.07. The highest BCUT2D eigenvalue weighted by Crippen LogP contribution is 2.21. The van der Waals surface area contributed by atoms with Crippen LogP contribution in [0.5, 0.6) is 5.75 Å². The van der Waals surface area contributed by atoms with Crippen LogP contribution in [0.25, 0.3) is 0 Å². The van der Waals surface area contributed by atoms with Gasteiger partial charge in [0.15, 0.2) is 0 Å². The minimum atomic E-state index is -0.206. The van der Waals surface area contributed by atoms with Gasteiger partial charge in [0.25, 0.3) is 0 Å². The van der Waals surface area contributed by atoms with Crippen molar-refractivity contribution in [1.29, 1.82) is 0 Å². The number of hydrogen-bond acceptors (Lipinski definition) is 3. The Morgan fingerprint density at radius 2 is 1.95 bits per heavy atom. The predicted octanol–water partition coefficient (Wildman–Crippen LogP) is 3.84. The lowest BCUT2D eigenvalue weighted by molar-refractivity contribution is 0.473. The number of thioether (sulfide) groups is 1. The van der Waals surface area contributed by atoms with Gasteiger partial charge in [-0.3, -0.25) is 0 Å². The maximum Gasteiger partial charge on any atom is 0.123 e. The molecule has 2 nitrogen and oxygen atoms in total. The quantitative estimate of drug-likeness (QED) is 0.762. The lowest BCUT2D eigenvalue weighted by atomic mass is 10.1. The van der Waals surface area contributed by atoms with E-state index < -0.39 is 0 Å². The zero-order valence-electron chi connectivity index (χ0n) is 12.1. The van der Waals surface area contributed by atoms with Crippen LogP contribution in [-0.4, -0.2) is 23.4 Å². The molecule has 2 aromatic rings. The van der Waals surface area contributed by atoms with E-state index in [0.717, 1.165) is 29.2 Å². The standard InChI is InChI=1S/C17H20FNOS/c1-2-19-15(10-13-4-3-5-16(20)11-13)12-21-17-8-6-14(18)7-9-17/h3-9,11,15,19-20H,2,10,12H2,1H3. The Morgan fingerprint density at radius 3 is 2.62 bits per heavy atom. The van der Waals surface area contributed by atoms with Crippen molar-refractivity contribution in [1.82, 2.24) is 5.32 Å². The van der Waals surface area contributed by atoms with Crippen molar-refractivity contribution < 1.29 is 9.50 Å². The van der Waals surface area contributed by atoms with Gasteiger partial charge >= 0.3 is 0 Å². The molecule has 0 fully saturated rings. The first-order valence-corrected chi connectivity index (χ1v) is 8.05. The van der Waals surface area contributed by atoms with Crippen molar-refractivity contribution in [2.24, 2.45) is 0 Å². The molecule has 0 aliphatic heterocycles. The summed E-state index contributed by atoms with van der Waals surface area (Å²) in [7, 11) is 0. The summed E-state index contributed by atoms with van der Waals surface area (Å²) in [6, 6.07) is 14.3. The summed E-state index contributed by atoms with van der Waals surface area (Å²) in [6.07, 6.45) is 0.858. The Morgan fingerprint density at radius 1 is 1.19 bits per heavy atom. The molecule has 112 valence electrons. The molecule has 0 radical (unpaired) electrons. The zero-order valence-corrected chi connectivity index (χ0v) is 12.9. The van der Waals surface area contributed by atoms with Crippen LogP contribution in [0.3, 0.4) is 0 Å². The molecule has 0 aromatic heterocycles. The molecule has 0 aliphatic carbocycles. The van der Waals surface area contributed by atoms with Gasteiger partial charge in [0.2, 0.25) is 0 Å². The number of aromatic hydroxyl groups is 1. The van der Waals surface area contributed by atoms with Gasteiger partial charge in [0.05, 0.1) is 0 Å². The van der Waals surface area contributed by atoms with Crippen LogP contribution in [0.1, 0.15) is 12.5 Å². The average molecular weight is 305 g/mol. The highest BCUT2D eigenvalue weighted by Gasteiger charge is 2.10. The summed E-state index contributed by atoms with van der Waals surface area (Å²) < 4.78 is 12.9. The fourth-order valence-corrected chi connectivity index (χ4v) is 3.13. The molecule has 0 amide bonds. The van der Waals surface area contributed by atoms with Gasteiger partial charge < -0.3 is 10.4 Å². The fourth-order valence-electron chi connectivity index (χ4n) is 2.17. The van der Waals surface area contributed by atoms with E-state index in [1.165, 1.54) is 12.1 Å². The molecule has 1 atom stereocenters. The van der Waals surface area contributed by atoms with Crippen molar-refractivity contribution in [2.75, 3.05) is 12.3 Å². The van der Waals surface area contributed by atoms with Gasteiger partial charge in [-0.25, -0.2) is 4.39 Å². The topological polar surface area (TPSA) is 32.3 Å². The Hall–Kier alpha value is -1.52. The number of benzene rings is 2. The van der Waals surface area contributed by atoms with E-state index in [0.29, 0.717) is 11.8 Å². The first-order valence-electron chi connectivity index (χ1n) is 7.07. The minimum absolute atomic E-state index is 0.206. The number of rotatable bonds is 7. The second kappa shape index (κ2) is 8.05. The normalized spacial score (nSPS) is 12.3. The summed E-state index contributed by atoms with van der Waals surface area (Å²) in [6.45, 7) is 2.98. The molecule has 1 unspecified atom stereocenters. The maximum atomic E-state index is 12.9. The molecular weight excluding hydrogens is 285 g/mol. The van der Waals surface area contributed by atoms with Gasteiger partial charge in [-0.05, 0) is 54.9 Å². The molecule has 0 spiro atoms. The minimum Gasteiger partial charge on any atom is -0.508 e. The fraction of sp³-hybridized carbons (Fsp3) is 0.294. The molecule has 0 heterocycles. The first kappa shape index (κ1) is 15.9. The Kier molecular flexibility index (Phi) is 6.08. The highest BCUT2D eigenvalue weighted by atomic mass is 32.2. The van der Waals surface area contributed by atoms with E-state index in [1.807, 2.05) is 12.1 Å². The number of halogens is 1. The number of phenolic OH excluding ortho intramolecular Hbond substituents is 1. The molecule has 0 saturated heterocycles. The molecular formula is C17H20FNOS. The molecule has 4 heteroatoms. The SMILES string of the molecule is CCNC(CSc1ccc(F)cc1)Cc1cccc(O)c1. The van der Waals surface area contributed by atoms with Crippen molar-refractivity contribution >= 4 is 11.8 Å². The molecule has 21 heavy (non-hydrogen) atoms. The number of likely N-dealkylation sites (N-methyl/N-ethyl adjacent to an activating group) is 1. The van der Waals surface area contributed by atoms with Gasteiger partial charge in [0, 0.05) is 16.7 Å². The summed E-state index contributed by atoms with van der Waals surface area (Å²) in [5, 5.41) is 13.0. The van der Waals surface area contributed by atoms with Crippen molar-refractivity contribution in [2.45, 2.75) is 24.3 Å². The van der Waals surface area contributed by atoms with Crippen molar-refractivity contribution in [3.63, 3.8) is 0 Å².